The van der Waals surface area contributed by atoms with Gasteiger partial charge >= 0.3 is 5.97 Å². The third-order valence-corrected chi connectivity index (χ3v) is 9.95. The van der Waals surface area contributed by atoms with Crippen molar-refractivity contribution in [1.82, 2.24) is 9.80 Å². The number of hydrogen-bond acceptors (Lipinski definition) is 6. The van der Waals surface area contributed by atoms with Gasteiger partial charge < -0.3 is 19.6 Å². The van der Waals surface area contributed by atoms with Gasteiger partial charge in [-0.05, 0) is 39.5 Å². The molecule has 3 unspecified atom stereocenters. The second kappa shape index (κ2) is 10.4. The number of aliphatic hydroxyl groups is 1. The minimum atomic E-state index is -0.731. The predicted octanol–water partition coefficient (Wildman–Crippen LogP) is 3.17. The van der Waals surface area contributed by atoms with Crippen LogP contribution in [0, 0.1) is 11.8 Å². The number of ether oxygens (including phenoxy) is 1. The van der Waals surface area contributed by atoms with Crippen molar-refractivity contribution in [2.24, 2.45) is 11.8 Å². The van der Waals surface area contributed by atoms with E-state index in [4.69, 9.17) is 4.74 Å². The van der Waals surface area contributed by atoms with E-state index in [9.17, 15) is 19.5 Å². The molecule has 3 heterocycles. The molecule has 1 N–H and O–H groups in total. The van der Waals surface area contributed by atoms with E-state index in [1.165, 1.54) is 6.08 Å². The number of fused-ring (bicyclic) bond motifs is 1. The van der Waals surface area contributed by atoms with Crippen LogP contribution in [0.4, 0.5) is 0 Å². The van der Waals surface area contributed by atoms with Crippen molar-refractivity contribution in [3.63, 3.8) is 0 Å². The Labute approximate surface area is 208 Å². The summed E-state index contributed by atoms with van der Waals surface area (Å²) in [6.07, 6.45) is 6.95. The highest BCUT2D eigenvalue weighted by molar-refractivity contribution is 8.02. The molecule has 3 fully saturated rings. The van der Waals surface area contributed by atoms with Gasteiger partial charge in [-0.1, -0.05) is 39.0 Å². The maximum atomic E-state index is 14.3. The highest BCUT2D eigenvalue weighted by Gasteiger charge is 2.78. The average Bonchev–Trinajstić information content (AvgIpc) is 3.37. The fraction of sp³-hybridized carbons (Fsp3) is 0.731. The van der Waals surface area contributed by atoms with Crippen molar-refractivity contribution < 1.29 is 24.2 Å². The quantitative estimate of drug-likeness (QED) is 0.333. The summed E-state index contributed by atoms with van der Waals surface area (Å²) in [5.41, 5.74) is 0. The Morgan fingerprint density at radius 3 is 2.59 bits per heavy atom. The highest BCUT2D eigenvalue weighted by atomic mass is 32.2. The van der Waals surface area contributed by atoms with Crippen LogP contribution in [0.3, 0.4) is 0 Å². The van der Waals surface area contributed by atoms with Crippen LogP contribution in [0.25, 0.3) is 0 Å². The van der Waals surface area contributed by atoms with Gasteiger partial charge in [0, 0.05) is 17.3 Å². The van der Waals surface area contributed by atoms with Gasteiger partial charge in [0.15, 0.2) is 0 Å². The van der Waals surface area contributed by atoms with Gasteiger partial charge in [0.1, 0.15) is 12.6 Å². The minimum absolute atomic E-state index is 0.00958. The molecular weight excluding hydrogens is 452 g/mol. The molecule has 0 aliphatic carbocycles. The lowest BCUT2D eigenvalue weighted by molar-refractivity contribution is -0.155. The third-order valence-electron chi connectivity index (χ3n) is 7.97. The van der Waals surface area contributed by atoms with E-state index in [1.54, 1.807) is 22.7 Å². The minimum Gasteiger partial charge on any atom is -0.461 e. The van der Waals surface area contributed by atoms with Crippen molar-refractivity contribution in [2.45, 2.75) is 87.4 Å². The normalized spacial score (nSPS) is 33.4. The number of thioether (sulfide) groups is 1. The zero-order valence-electron chi connectivity index (χ0n) is 21.0. The Morgan fingerprint density at radius 2 is 2.03 bits per heavy atom. The molecule has 1 spiro atoms. The summed E-state index contributed by atoms with van der Waals surface area (Å²) >= 11 is 1.62. The summed E-state index contributed by atoms with van der Waals surface area (Å²) < 4.78 is 4.26. The van der Waals surface area contributed by atoms with Gasteiger partial charge in [0.25, 0.3) is 0 Å². The molecule has 3 saturated heterocycles. The smallest absolute Gasteiger partial charge is 0.311 e. The van der Waals surface area contributed by atoms with Crippen molar-refractivity contribution in [3.8, 4) is 0 Å². The average molecular weight is 493 g/mol. The number of carbonyl (C=O) groups excluding carboxylic acids is 3. The zero-order chi connectivity index (χ0) is 25.3. The third kappa shape index (κ3) is 4.11. The Bertz CT molecular complexity index is 830. The summed E-state index contributed by atoms with van der Waals surface area (Å²) in [6.45, 7) is 15.8. The second-order valence-corrected chi connectivity index (χ2v) is 12.0. The van der Waals surface area contributed by atoms with Crippen LogP contribution in [-0.4, -0.2) is 80.1 Å². The largest absolute Gasteiger partial charge is 0.461 e. The summed E-state index contributed by atoms with van der Waals surface area (Å²) in [6, 6.07) is -1.22. The van der Waals surface area contributed by atoms with Crippen LogP contribution in [0.1, 0.15) is 59.8 Å². The van der Waals surface area contributed by atoms with Gasteiger partial charge in [-0.2, -0.15) is 0 Å². The molecule has 2 bridgehead atoms. The molecule has 3 rings (SSSR count). The Kier molecular flexibility index (Phi) is 8.23. The lowest BCUT2D eigenvalue weighted by atomic mass is 9.66. The number of nitrogens with zero attached hydrogens (tertiary/aromatic N) is 2. The first kappa shape index (κ1) is 26.8. The molecule has 0 aromatic rings. The van der Waals surface area contributed by atoms with Crippen LogP contribution < -0.4 is 0 Å². The SMILES string of the molecule is C=CCOC(=O)[C@@H]1[C@H]2C(=O)N([C@@H](CC)CO)C(C(=O)N(CC=C)C(C)CCC)C23CC[C@@]1(C)S3. The summed E-state index contributed by atoms with van der Waals surface area (Å²) in [5, 5.41) is 10.2. The lowest BCUT2D eigenvalue weighted by Gasteiger charge is -2.41. The number of aliphatic hydroxyl groups excluding tert-OH is 1. The molecule has 190 valence electrons. The monoisotopic (exact) mass is 492 g/mol. The van der Waals surface area contributed by atoms with Crippen molar-refractivity contribution in [3.05, 3.63) is 25.3 Å². The lowest BCUT2D eigenvalue weighted by Crippen LogP contribution is -2.58. The van der Waals surface area contributed by atoms with Crippen molar-refractivity contribution in [1.29, 1.82) is 0 Å². The molecular formula is C26H40N2O5S. The number of rotatable bonds is 12. The van der Waals surface area contributed by atoms with E-state index in [0.29, 0.717) is 19.4 Å². The fourth-order valence-electron chi connectivity index (χ4n) is 6.40. The van der Waals surface area contributed by atoms with Gasteiger partial charge in [-0.25, -0.2) is 0 Å². The van der Waals surface area contributed by atoms with E-state index >= 15 is 0 Å². The molecule has 8 heteroatoms. The predicted molar refractivity (Wildman–Crippen MR) is 134 cm³/mol. The van der Waals surface area contributed by atoms with Crippen LogP contribution in [-0.2, 0) is 19.1 Å². The summed E-state index contributed by atoms with van der Waals surface area (Å²) in [7, 11) is 0. The van der Waals surface area contributed by atoms with Crippen LogP contribution in [0.5, 0.6) is 0 Å². The number of amides is 2. The van der Waals surface area contributed by atoms with E-state index in [2.05, 4.69) is 20.1 Å². The molecule has 3 aliphatic rings. The van der Waals surface area contributed by atoms with Crippen LogP contribution >= 0.6 is 11.8 Å². The number of carbonyl (C=O) groups is 3. The molecule has 2 amide bonds. The molecule has 0 saturated carbocycles. The van der Waals surface area contributed by atoms with Gasteiger partial charge in [-0.3, -0.25) is 14.4 Å². The number of likely N-dealkylation sites (tertiary alicyclic amines) is 1. The molecule has 0 aromatic carbocycles. The Morgan fingerprint density at radius 1 is 1.32 bits per heavy atom. The standard InChI is InChI=1S/C26H40N2O5S/c1-7-11-17(5)27(14-8-2)23(31)21-26-13-12-25(6,34-26)20(24(32)33-15-9-3)19(26)22(30)28(21)18(10-4)16-29/h8-9,17-21,29H,2-3,7,10-16H2,1,4-6H3/t17?,18-,19-,20-,21?,25+,26?/m0/s1. The van der Waals surface area contributed by atoms with Gasteiger partial charge in [0.05, 0.1) is 29.2 Å². The Hall–Kier alpha value is -1.80. The molecule has 3 aliphatic heterocycles. The summed E-state index contributed by atoms with van der Waals surface area (Å²) in [5.74, 6) is -1.99. The maximum Gasteiger partial charge on any atom is 0.311 e. The first-order valence-electron chi connectivity index (χ1n) is 12.5. The molecule has 0 aromatic heterocycles. The number of esters is 1. The van der Waals surface area contributed by atoms with E-state index in [1.807, 2.05) is 25.7 Å². The maximum absolute atomic E-state index is 14.3. The van der Waals surface area contributed by atoms with E-state index < -0.39 is 39.4 Å². The molecule has 34 heavy (non-hydrogen) atoms. The van der Waals surface area contributed by atoms with Crippen molar-refractivity contribution >= 4 is 29.5 Å². The fourth-order valence-corrected chi connectivity index (χ4v) is 8.72. The van der Waals surface area contributed by atoms with Crippen LogP contribution in [0.2, 0.25) is 0 Å². The van der Waals surface area contributed by atoms with Crippen molar-refractivity contribution in [2.75, 3.05) is 19.8 Å². The Balaban J connectivity index is 2.11. The topological polar surface area (TPSA) is 87.1 Å². The van der Waals surface area contributed by atoms with Gasteiger partial charge in [-0.15, -0.1) is 18.3 Å². The molecule has 7 atom stereocenters. The highest BCUT2D eigenvalue weighted by Crippen LogP contribution is 2.71. The summed E-state index contributed by atoms with van der Waals surface area (Å²) in [4.78, 5) is 45.0. The molecule has 7 nitrogen and oxygen atoms in total. The van der Waals surface area contributed by atoms with E-state index in [-0.39, 0.29) is 31.1 Å². The first-order chi connectivity index (χ1) is 16.2. The zero-order valence-corrected chi connectivity index (χ0v) is 21.8. The van der Waals surface area contributed by atoms with E-state index in [0.717, 1.165) is 19.3 Å². The van der Waals surface area contributed by atoms with Gasteiger partial charge in [0.2, 0.25) is 11.8 Å². The van der Waals surface area contributed by atoms with Crippen LogP contribution in [0.15, 0.2) is 25.3 Å². The second-order valence-electron chi connectivity index (χ2n) is 10.1. The number of hydrogen-bond donors (Lipinski definition) is 1. The molecule has 0 radical (unpaired) electrons. The first-order valence-corrected chi connectivity index (χ1v) is 13.3.